The molecular weight excluding hydrogens is 250 g/mol. The van der Waals surface area contributed by atoms with Gasteiger partial charge < -0.3 is 14.2 Å². The average molecular weight is 271 g/mol. The van der Waals surface area contributed by atoms with Crippen molar-refractivity contribution in [3.63, 3.8) is 0 Å². The molecule has 1 saturated heterocycles. The van der Waals surface area contributed by atoms with E-state index in [0.717, 1.165) is 37.8 Å². The number of hydrogen-bond donors (Lipinski definition) is 0. The fourth-order valence-electron chi connectivity index (χ4n) is 3.54. The highest BCUT2D eigenvalue weighted by Crippen LogP contribution is 2.36. The van der Waals surface area contributed by atoms with Crippen molar-refractivity contribution in [2.45, 2.75) is 31.7 Å². The van der Waals surface area contributed by atoms with Gasteiger partial charge in [-0.25, -0.2) is 4.98 Å². The number of anilines is 1. The molecule has 1 saturated carbocycles. The van der Waals surface area contributed by atoms with Crippen molar-refractivity contribution in [1.29, 1.82) is 0 Å². The second-order valence-electron chi connectivity index (χ2n) is 5.81. The van der Waals surface area contributed by atoms with Crippen LogP contribution in [0.4, 0.5) is 5.95 Å². The van der Waals surface area contributed by atoms with E-state index in [9.17, 15) is 0 Å². The summed E-state index contributed by atoms with van der Waals surface area (Å²) in [7, 11) is 0. The summed E-state index contributed by atoms with van der Waals surface area (Å²) in [6.45, 7) is 3.54. The summed E-state index contributed by atoms with van der Waals surface area (Å²) in [5.74, 6) is 1.15. The van der Waals surface area contributed by atoms with Gasteiger partial charge in [-0.15, -0.1) is 0 Å². The second-order valence-corrected chi connectivity index (χ2v) is 5.81. The number of benzene rings is 1. The number of rotatable bonds is 2. The minimum Gasteiger partial charge on any atom is -0.378 e. The average Bonchev–Trinajstić information content (AvgIpc) is 3.14. The van der Waals surface area contributed by atoms with Crippen molar-refractivity contribution in [3.05, 3.63) is 24.3 Å². The van der Waals surface area contributed by atoms with Crippen molar-refractivity contribution in [2.24, 2.45) is 0 Å². The van der Waals surface area contributed by atoms with Gasteiger partial charge >= 0.3 is 0 Å². The molecular formula is C16H21N3O. The number of nitrogens with zero attached hydrogens (tertiary/aromatic N) is 3. The SMILES string of the molecule is c1ccc2c(c1)nc(N1CCOCC1)n2C1CCCC1. The Morgan fingerprint density at radius 1 is 1.05 bits per heavy atom. The number of morpholine rings is 1. The first-order chi connectivity index (χ1) is 9.93. The van der Waals surface area contributed by atoms with Crippen LogP contribution in [0.5, 0.6) is 0 Å². The highest BCUT2D eigenvalue weighted by atomic mass is 16.5. The summed E-state index contributed by atoms with van der Waals surface area (Å²) in [6, 6.07) is 9.17. The first kappa shape index (κ1) is 12.2. The molecule has 0 bridgehead atoms. The van der Waals surface area contributed by atoms with Crippen LogP contribution in [0.25, 0.3) is 11.0 Å². The number of hydrogen-bond acceptors (Lipinski definition) is 3. The van der Waals surface area contributed by atoms with Gasteiger partial charge in [-0.05, 0) is 25.0 Å². The van der Waals surface area contributed by atoms with Crippen LogP contribution < -0.4 is 4.90 Å². The zero-order valence-electron chi connectivity index (χ0n) is 11.8. The van der Waals surface area contributed by atoms with Crippen molar-refractivity contribution in [3.8, 4) is 0 Å². The Balaban J connectivity index is 1.82. The van der Waals surface area contributed by atoms with Gasteiger partial charge in [0.15, 0.2) is 0 Å². The molecule has 4 nitrogen and oxygen atoms in total. The normalized spacial score (nSPS) is 20.9. The topological polar surface area (TPSA) is 30.3 Å². The first-order valence-corrected chi connectivity index (χ1v) is 7.73. The monoisotopic (exact) mass is 271 g/mol. The molecule has 0 spiro atoms. The number of fused-ring (bicyclic) bond motifs is 1. The van der Waals surface area contributed by atoms with Gasteiger partial charge in [-0.1, -0.05) is 25.0 Å². The Bertz CT molecular complexity index is 595. The van der Waals surface area contributed by atoms with Crippen LogP contribution in [0.3, 0.4) is 0 Å². The molecule has 0 radical (unpaired) electrons. The van der Waals surface area contributed by atoms with Gasteiger partial charge in [0, 0.05) is 19.1 Å². The van der Waals surface area contributed by atoms with Gasteiger partial charge in [-0.3, -0.25) is 0 Å². The Morgan fingerprint density at radius 2 is 1.80 bits per heavy atom. The molecule has 4 rings (SSSR count). The first-order valence-electron chi connectivity index (χ1n) is 7.73. The zero-order valence-corrected chi connectivity index (χ0v) is 11.8. The number of imidazole rings is 1. The fraction of sp³-hybridized carbons (Fsp3) is 0.562. The Morgan fingerprint density at radius 3 is 2.60 bits per heavy atom. The van der Waals surface area contributed by atoms with Gasteiger partial charge in [0.25, 0.3) is 0 Å². The molecule has 0 N–H and O–H groups in total. The quantitative estimate of drug-likeness (QED) is 0.841. The summed E-state index contributed by atoms with van der Waals surface area (Å²) in [5, 5.41) is 0. The Hall–Kier alpha value is -1.55. The third-order valence-electron chi connectivity index (χ3n) is 4.56. The van der Waals surface area contributed by atoms with Gasteiger partial charge in [-0.2, -0.15) is 0 Å². The minimum atomic E-state index is 0.625. The van der Waals surface area contributed by atoms with Crippen molar-refractivity contribution in [1.82, 2.24) is 9.55 Å². The Kier molecular flexibility index (Phi) is 3.11. The minimum absolute atomic E-state index is 0.625. The lowest BCUT2D eigenvalue weighted by Gasteiger charge is -2.30. The molecule has 1 aromatic heterocycles. The lowest BCUT2D eigenvalue weighted by atomic mass is 10.2. The number of para-hydroxylation sites is 2. The van der Waals surface area contributed by atoms with Gasteiger partial charge in [0.05, 0.1) is 24.2 Å². The van der Waals surface area contributed by atoms with Crippen LogP contribution >= 0.6 is 0 Å². The molecule has 0 amide bonds. The molecule has 4 heteroatoms. The highest BCUT2D eigenvalue weighted by Gasteiger charge is 2.25. The van der Waals surface area contributed by atoms with Crippen LogP contribution in [0.1, 0.15) is 31.7 Å². The molecule has 1 aromatic carbocycles. The largest absolute Gasteiger partial charge is 0.378 e. The summed E-state index contributed by atoms with van der Waals surface area (Å²) in [4.78, 5) is 7.30. The maximum Gasteiger partial charge on any atom is 0.206 e. The van der Waals surface area contributed by atoms with E-state index < -0.39 is 0 Å². The highest BCUT2D eigenvalue weighted by molar-refractivity contribution is 5.79. The van der Waals surface area contributed by atoms with Crippen LogP contribution in [0, 0.1) is 0 Å². The van der Waals surface area contributed by atoms with Crippen LogP contribution in [-0.4, -0.2) is 35.9 Å². The molecule has 106 valence electrons. The lowest BCUT2D eigenvalue weighted by Crippen LogP contribution is -2.38. The second kappa shape index (κ2) is 5.09. The van der Waals surface area contributed by atoms with Crippen LogP contribution in [0.2, 0.25) is 0 Å². The van der Waals surface area contributed by atoms with Gasteiger partial charge in [0.1, 0.15) is 0 Å². The molecule has 2 heterocycles. The smallest absolute Gasteiger partial charge is 0.206 e. The molecule has 2 fully saturated rings. The lowest BCUT2D eigenvalue weighted by molar-refractivity contribution is 0.121. The van der Waals surface area contributed by atoms with E-state index in [4.69, 9.17) is 9.72 Å². The molecule has 2 aliphatic rings. The fourth-order valence-corrected chi connectivity index (χ4v) is 3.54. The summed E-state index contributed by atoms with van der Waals surface area (Å²) in [6.07, 6.45) is 5.27. The summed E-state index contributed by atoms with van der Waals surface area (Å²) >= 11 is 0. The van der Waals surface area contributed by atoms with Crippen LogP contribution in [-0.2, 0) is 4.74 Å². The molecule has 1 aliphatic heterocycles. The maximum absolute atomic E-state index is 5.48. The van der Waals surface area contributed by atoms with E-state index in [2.05, 4.69) is 33.7 Å². The molecule has 1 aliphatic carbocycles. The van der Waals surface area contributed by atoms with E-state index in [1.54, 1.807) is 0 Å². The van der Waals surface area contributed by atoms with Crippen LogP contribution in [0.15, 0.2) is 24.3 Å². The Labute approximate surface area is 119 Å². The molecule has 20 heavy (non-hydrogen) atoms. The summed E-state index contributed by atoms with van der Waals surface area (Å²) < 4.78 is 7.98. The van der Waals surface area contributed by atoms with E-state index in [1.807, 2.05) is 0 Å². The molecule has 0 atom stereocenters. The van der Waals surface area contributed by atoms with E-state index in [1.165, 1.54) is 31.2 Å². The molecule has 2 aromatic rings. The predicted octanol–water partition coefficient (Wildman–Crippen LogP) is 2.99. The van der Waals surface area contributed by atoms with E-state index in [0.29, 0.717) is 6.04 Å². The zero-order chi connectivity index (χ0) is 13.4. The molecule has 0 unspecified atom stereocenters. The predicted molar refractivity (Wildman–Crippen MR) is 80.3 cm³/mol. The third kappa shape index (κ3) is 1.99. The third-order valence-corrected chi connectivity index (χ3v) is 4.56. The number of aromatic nitrogens is 2. The van der Waals surface area contributed by atoms with E-state index in [-0.39, 0.29) is 0 Å². The maximum atomic E-state index is 5.48. The van der Waals surface area contributed by atoms with E-state index >= 15 is 0 Å². The van der Waals surface area contributed by atoms with Crippen molar-refractivity contribution < 1.29 is 4.74 Å². The number of ether oxygens (including phenoxy) is 1. The van der Waals surface area contributed by atoms with Crippen molar-refractivity contribution in [2.75, 3.05) is 31.2 Å². The van der Waals surface area contributed by atoms with Gasteiger partial charge in [0.2, 0.25) is 5.95 Å². The standard InChI is InChI=1S/C16H21N3O/c1-2-6-13(5-1)19-15-8-4-3-7-14(15)17-16(19)18-9-11-20-12-10-18/h3-4,7-8,13H,1-2,5-6,9-12H2. The van der Waals surface area contributed by atoms with Crippen molar-refractivity contribution >= 4 is 17.0 Å². The summed E-state index contributed by atoms with van der Waals surface area (Å²) in [5.41, 5.74) is 2.42.